The van der Waals surface area contributed by atoms with E-state index in [1.807, 2.05) is 66.7 Å². The number of methoxy groups -OCH3 is 1. The van der Waals surface area contributed by atoms with Gasteiger partial charge in [-0.05, 0) is 29.7 Å². The van der Waals surface area contributed by atoms with Crippen molar-refractivity contribution >= 4 is 33.2 Å². The second-order valence-corrected chi connectivity index (χ2v) is 10.4. The summed E-state index contributed by atoms with van der Waals surface area (Å²) in [6.07, 6.45) is 8.73. The lowest BCUT2D eigenvalue weighted by Crippen LogP contribution is -2.10. The largest absolute Gasteiger partial charge is 0.490 e. The predicted molar refractivity (Wildman–Crippen MR) is 157 cm³/mol. The quantitative estimate of drug-likeness (QED) is 0.0622. The maximum Gasteiger partial charge on any atom is 0.373 e. The van der Waals surface area contributed by atoms with Crippen LogP contribution in [-0.4, -0.2) is 42.6 Å². The van der Waals surface area contributed by atoms with Crippen molar-refractivity contribution in [2.75, 3.05) is 13.7 Å². The fourth-order valence-corrected chi connectivity index (χ4v) is 4.45. The highest BCUT2D eigenvalue weighted by Crippen LogP contribution is 2.27. The second kappa shape index (κ2) is 15.6. The summed E-state index contributed by atoms with van der Waals surface area (Å²) in [5, 5.41) is -0.439. The Kier molecular flexibility index (Phi) is 11.9. The molecule has 0 bridgehead atoms. The molecule has 0 aliphatic carbocycles. The molecule has 1 aromatic heterocycles. The number of hydrogen-bond acceptors (Lipinski definition) is 6. The maximum atomic E-state index is 11.9. The number of ether oxygens (including phenoxy) is 2. The van der Waals surface area contributed by atoms with E-state index in [4.69, 9.17) is 14.0 Å². The first-order valence-electron chi connectivity index (χ1n) is 13.3. The van der Waals surface area contributed by atoms with Crippen LogP contribution in [-0.2, 0) is 24.4 Å². The summed E-state index contributed by atoms with van der Waals surface area (Å²) in [7, 11) is -2.84. The molecule has 0 amide bonds. The standard InChI is InChI=1S/C18H26O3.C13H10N2O3S/c1-3-4-5-6-7-11-14-21-18(19)17(20-2)15-16-12-9-8-10-13-16;16-19(17,18)13-14-11-8-4-7-10(12(11)15-13)9-5-2-1-3-6-9/h8-10,12-13,15H,3-7,11,14H2,1-2H3;1-8H,(H,14,15)(H,16,17,18). The number of nitrogens with one attached hydrogen (secondary N) is 1. The summed E-state index contributed by atoms with van der Waals surface area (Å²) >= 11 is 0. The van der Waals surface area contributed by atoms with E-state index >= 15 is 0 Å². The third-order valence-corrected chi connectivity index (χ3v) is 6.75. The lowest BCUT2D eigenvalue weighted by molar-refractivity contribution is -0.142. The highest BCUT2D eigenvalue weighted by Gasteiger charge is 2.17. The fraction of sp³-hybridized carbons (Fsp3) is 0.290. The topological polar surface area (TPSA) is 119 Å². The molecule has 0 unspecified atom stereocenters. The predicted octanol–water partition coefficient (Wildman–Crippen LogP) is 7.05. The molecule has 9 heteroatoms. The molecule has 2 N–H and O–H groups in total. The summed E-state index contributed by atoms with van der Waals surface area (Å²) in [6, 6.07) is 24.5. The van der Waals surface area contributed by atoms with Crippen molar-refractivity contribution in [2.24, 2.45) is 0 Å². The Bertz CT molecular complexity index is 1480. The Morgan fingerprint density at radius 1 is 0.900 bits per heavy atom. The number of carbonyl (C=O) groups excluding carboxylic acids is 1. The fourth-order valence-electron chi connectivity index (χ4n) is 4.00. The van der Waals surface area contributed by atoms with Gasteiger partial charge in [-0.15, -0.1) is 0 Å². The molecule has 212 valence electrons. The summed E-state index contributed by atoms with van der Waals surface area (Å²) in [5.74, 6) is -0.151. The molecule has 0 saturated carbocycles. The van der Waals surface area contributed by atoms with Crippen molar-refractivity contribution in [3.63, 3.8) is 0 Å². The number of H-pyrrole nitrogens is 1. The van der Waals surface area contributed by atoms with Crippen LogP contribution in [0, 0.1) is 0 Å². The molecule has 0 spiro atoms. The molecule has 0 aliphatic rings. The number of nitrogens with zero attached hydrogens (tertiary/aromatic N) is 1. The first-order valence-corrected chi connectivity index (χ1v) is 14.8. The molecule has 4 rings (SSSR count). The highest BCUT2D eigenvalue weighted by atomic mass is 32.2. The molecule has 40 heavy (non-hydrogen) atoms. The average Bonchev–Trinajstić information content (AvgIpc) is 3.42. The highest BCUT2D eigenvalue weighted by molar-refractivity contribution is 7.85. The summed E-state index contributed by atoms with van der Waals surface area (Å²) in [5.41, 5.74) is 3.74. The molecule has 1 heterocycles. The van der Waals surface area contributed by atoms with Crippen LogP contribution < -0.4 is 0 Å². The monoisotopic (exact) mass is 564 g/mol. The van der Waals surface area contributed by atoms with Gasteiger partial charge in [0.25, 0.3) is 5.16 Å². The normalized spacial score (nSPS) is 11.5. The number of esters is 1. The van der Waals surface area contributed by atoms with E-state index in [9.17, 15) is 13.2 Å². The van der Waals surface area contributed by atoms with Crippen molar-refractivity contribution in [3.8, 4) is 11.1 Å². The maximum absolute atomic E-state index is 11.9. The number of unbranched alkanes of at least 4 members (excludes halogenated alkanes) is 5. The number of para-hydroxylation sites is 1. The van der Waals surface area contributed by atoms with Crippen LogP contribution in [0.4, 0.5) is 0 Å². The van der Waals surface area contributed by atoms with E-state index in [2.05, 4.69) is 16.9 Å². The second-order valence-electron chi connectivity index (χ2n) is 9.11. The van der Waals surface area contributed by atoms with E-state index in [1.165, 1.54) is 32.8 Å². The SMILES string of the molecule is CCCCCCCCOC(=O)C(=Cc1ccccc1)OC.O=S(=O)(O)c1nc2c(-c3ccccc3)cccc2[nH]1. The van der Waals surface area contributed by atoms with Crippen LogP contribution >= 0.6 is 0 Å². The molecular weight excluding hydrogens is 528 g/mol. The number of imidazole rings is 1. The van der Waals surface area contributed by atoms with Crippen molar-refractivity contribution < 1.29 is 27.2 Å². The Morgan fingerprint density at radius 3 is 2.20 bits per heavy atom. The minimum absolute atomic E-state index is 0.243. The Morgan fingerprint density at radius 2 is 1.55 bits per heavy atom. The van der Waals surface area contributed by atoms with Crippen molar-refractivity contribution in [2.45, 2.75) is 50.6 Å². The molecule has 3 aromatic carbocycles. The van der Waals surface area contributed by atoms with Gasteiger partial charge < -0.3 is 14.5 Å². The van der Waals surface area contributed by atoms with Crippen molar-refractivity contribution in [1.82, 2.24) is 9.97 Å². The van der Waals surface area contributed by atoms with Gasteiger partial charge in [-0.25, -0.2) is 9.78 Å². The lowest BCUT2D eigenvalue weighted by atomic mass is 10.0. The Labute approximate surface area is 235 Å². The van der Waals surface area contributed by atoms with Gasteiger partial charge in [0.2, 0.25) is 5.76 Å². The van der Waals surface area contributed by atoms with E-state index in [-0.39, 0.29) is 5.76 Å². The molecule has 4 aromatic rings. The molecular formula is C31H36N2O6S. The van der Waals surface area contributed by atoms with Crippen molar-refractivity contribution in [3.05, 3.63) is 90.2 Å². The zero-order valence-electron chi connectivity index (χ0n) is 22.9. The van der Waals surface area contributed by atoms with Gasteiger partial charge in [0.1, 0.15) is 0 Å². The Balaban J connectivity index is 0.000000221. The Hall–Kier alpha value is -3.95. The zero-order chi connectivity index (χ0) is 28.8. The third-order valence-electron chi connectivity index (χ3n) is 6.07. The van der Waals surface area contributed by atoms with E-state index < -0.39 is 21.2 Å². The molecule has 0 atom stereocenters. The van der Waals surface area contributed by atoms with Crippen molar-refractivity contribution in [1.29, 1.82) is 0 Å². The third kappa shape index (κ3) is 9.36. The molecule has 0 radical (unpaired) electrons. The van der Waals surface area contributed by atoms with Crippen LogP contribution in [0.3, 0.4) is 0 Å². The van der Waals surface area contributed by atoms with Gasteiger partial charge in [0.15, 0.2) is 0 Å². The minimum atomic E-state index is -4.33. The van der Waals surface area contributed by atoms with Crippen LogP contribution in [0.25, 0.3) is 28.2 Å². The molecule has 0 fully saturated rings. The van der Waals surface area contributed by atoms with Crippen LogP contribution in [0.5, 0.6) is 0 Å². The van der Waals surface area contributed by atoms with Crippen LogP contribution in [0.1, 0.15) is 51.0 Å². The van der Waals surface area contributed by atoms with Crippen LogP contribution in [0.2, 0.25) is 0 Å². The van der Waals surface area contributed by atoms with E-state index in [0.717, 1.165) is 29.5 Å². The van der Waals surface area contributed by atoms with E-state index in [1.54, 1.807) is 18.2 Å². The van der Waals surface area contributed by atoms with Gasteiger partial charge in [-0.1, -0.05) is 112 Å². The lowest BCUT2D eigenvalue weighted by Gasteiger charge is -2.07. The zero-order valence-corrected chi connectivity index (χ0v) is 23.7. The summed E-state index contributed by atoms with van der Waals surface area (Å²) in [4.78, 5) is 18.5. The first-order chi connectivity index (χ1) is 19.3. The van der Waals surface area contributed by atoms with Gasteiger partial charge in [-0.3, -0.25) is 4.55 Å². The van der Waals surface area contributed by atoms with Gasteiger partial charge in [0.05, 0.1) is 24.8 Å². The molecule has 0 aliphatic heterocycles. The van der Waals surface area contributed by atoms with E-state index in [0.29, 0.717) is 17.6 Å². The number of aromatic nitrogens is 2. The summed E-state index contributed by atoms with van der Waals surface area (Å²) in [6.45, 7) is 2.66. The molecule has 0 saturated heterocycles. The smallest absolute Gasteiger partial charge is 0.373 e. The summed E-state index contributed by atoms with van der Waals surface area (Å²) < 4.78 is 41.6. The van der Waals surface area contributed by atoms with Crippen LogP contribution in [0.15, 0.2) is 89.8 Å². The average molecular weight is 565 g/mol. The number of hydrogen-bond donors (Lipinski definition) is 2. The number of aromatic amines is 1. The molecule has 8 nitrogen and oxygen atoms in total. The first kappa shape index (κ1) is 30.6. The van der Waals surface area contributed by atoms with Gasteiger partial charge in [-0.2, -0.15) is 8.42 Å². The van der Waals surface area contributed by atoms with Gasteiger partial charge >= 0.3 is 16.1 Å². The number of benzene rings is 3. The number of rotatable bonds is 12. The number of fused-ring (bicyclic) bond motifs is 1. The number of carbonyl (C=O) groups is 1. The van der Waals surface area contributed by atoms with Gasteiger partial charge in [0, 0.05) is 5.56 Å². The minimum Gasteiger partial charge on any atom is -0.490 e.